The molecule has 1 nitrogen and oxygen atoms in total. The molecule has 1 saturated carbocycles. The summed E-state index contributed by atoms with van der Waals surface area (Å²) in [4.78, 5) is 1.35. The van der Waals surface area contributed by atoms with E-state index < -0.39 is 0 Å². The van der Waals surface area contributed by atoms with Gasteiger partial charge in [0.25, 0.3) is 0 Å². The minimum absolute atomic E-state index is 0.0957. The summed E-state index contributed by atoms with van der Waals surface area (Å²) in [7, 11) is 0. The fraction of sp³-hybridized carbons (Fsp3) is 0.538. The molecule has 0 spiro atoms. The SMILES string of the molecule is CC(C)Sc1ccccc1C1(CO)CC1. The van der Waals surface area contributed by atoms with Gasteiger partial charge in [-0.05, 0) is 24.5 Å². The van der Waals surface area contributed by atoms with Gasteiger partial charge in [0.05, 0.1) is 6.61 Å². The van der Waals surface area contributed by atoms with Crippen molar-refractivity contribution in [2.45, 2.75) is 42.2 Å². The number of hydrogen-bond donors (Lipinski definition) is 1. The number of aliphatic hydroxyl groups is 1. The van der Waals surface area contributed by atoms with Crippen LogP contribution in [0.25, 0.3) is 0 Å². The third-order valence-electron chi connectivity index (χ3n) is 2.98. The summed E-state index contributed by atoms with van der Waals surface area (Å²) in [6.45, 7) is 4.71. The van der Waals surface area contributed by atoms with Gasteiger partial charge in [0, 0.05) is 15.6 Å². The molecule has 0 saturated heterocycles. The molecule has 1 aromatic rings. The van der Waals surface area contributed by atoms with Crippen LogP contribution >= 0.6 is 11.8 Å². The maximum atomic E-state index is 9.46. The van der Waals surface area contributed by atoms with Crippen molar-refractivity contribution in [1.29, 1.82) is 0 Å². The van der Waals surface area contributed by atoms with Crippen LogP contribution in [0.15, 0.2) is 29.2 Å². The Balaban J connectivity index is 2.30. The van der Waals surface area contributed by atoms with Gasteiger partial charge in [0.1, 0.15) is 0 Å². The third-order valence-corrected chi connectivity index (χ3v) is 4.06. The molecule has 2 heteroatoms. The first-order valence-electron chi connectivity index (χ1n) is 5.55. The van der Waals surface area contributed by atoms with Crippen molar-refractivity contribution >= 4 is 11.8 Å². The van der Waals surface area contributed by atoms with E-state index in [1.165, 1.54) is 10.5 Å². The average Bonchev–Trinajstić information content (AvgIpc) is 2.98. The van der Waals surface area contributed by atoms with Gasteiger partial charge in [-0.25, -0.2) is 0 Å². The molecule has 15 heavy (non-hydrogen) atoms. The lowest BCUT2D eigenvalue weighted by atomic mass is 9.97. The summed E-state index contributed by atoms with van der Waals surface area (Å²) >= 11 is 1.90. The van der Waals surface area contributed by atoms with Crippen molar-refractivity contribution in [3.05, 3.63) is 29.8 Å². The van der Waals surface area contributed by atoms with Crippen molar-refractivity contribution in [1.82, 2.24) is 0 Å². The molecule has 1 fully saturated rings. The maximum absolute atomic E-state index is 9.46. The summed E-state index contributed by atoms with van der Waals surface area (Å²) < 4.78 is 0. The molecule has 1 aliphatic rings. The fourth-order valence-electron chi connectivity index (χ4n) is 1.92. The Hall–Kier alpha value is -0.470. The Bertz CT molecular complexity index is 342. The fourth-order valence-corrected chi connectivity index (χ4v) is 3.00. The Morgan fingerprint density at radius 1 is 1.33 bits per heavy atom. The molecule has 0 amide bonds. The minimum Gasteiger partial charge on any atom is -0.395 e. The zero-order chi connectivity index (χ0) is 10.9. The van der Waals surface area contributed by atoms with Gasteiger partial charge in [-0.3, -0.25) is 0 Å². The zero-order valence-electron chi connectivity index (χ0n) is 9.36. The van der Waals surface area contributed by atoms with Crippen molar-refractivity contribution in [2.24, 2.45) is 0 Å². The monoisotopic (exact) mass is 222 g/mol. The van der Waals surface area contributed by atoms with Crippen LogP contribution < -0.4 is 0 Å². The molecule has 0 aromatic heterocycles. The predicted molar refractivity (Wildman–Crippen MR) is 65.4 cm³/mol. The van der Waals surface area contributed by atoms with E-state index in [0.29, 0.717) is 11.9 Å². The molecule has 0 heterocycles. The number of benzene rings is 1. The molecule has 0 unspecified atom stereocenters. The van der Waals surface area contributed by atoms with Crippen LogP contribution in [0, 0.1) is 0 Å². The van der Waals surface area contributed by atoms with Crippen LogP contribution in [0.1, 0.15) is 32.3 Å². The van der Waals surface area contributed by atoms with Crippen LogP contribution in [0.4, 0.5) is 0 Å². The first-order valence-corrected chi connectivity index (χ1v) is 6.43. The molecule has 0 aliphatic heterocycles. The molecule has 2 rings (SSSR count). The molecular weight excluding hydrogens is 204 g/mol. The smallest absolute Gasteiger partial charge is 0.0528 e. The van der Waals surface area contributed by atoms with Crippen LogP contribution in [0.3, 0.4) is 0 Å². The number of rotatable bonds is 4. The molecule has 0 atom stereocenters. The van der Waals surface area contributed by atoms with E-state index in [2.05, 4.69) is 38.1 Å². The van der Waals surface area contributed by atoms with Gasteiger partial charge in [0.15, 0.2) is 0 Å². The predicted octanol–water partition coefficient (Wildman–Crippen LogP) is 3.21. The number of hydrogen-bond acceptors (Lipinski definition) is 2. The Labute approximate surface area is 95.9 Å². The average molecular weight is 222 g/mol. The lowest BCUT2D eigenvalue weighted by Gasteiger charge is -2.17. The van der Waals surface area contributed by atoms with Gasteiger partial charge >= 0.3 is 0 Å². The van der Waals surface area contributed by atoms with Crippen LogP contribution in [-0.4, -0.2) is 17.0 Å². The first-order chi connectivity index (χ1) is 7.18. The quantitative estimate of drug-likeness (QED) is 0.789. The van der Waals surface area contributed by atoms with Gasteiger partial charge < -0.3 is 5.11 Å². The summed E-state index contributed by atoms with van der Waals surface area (Å²) in [5, 5.41) is 10.1. The van der Waals surface area contributed by atoms with E-state index in [9.17, 15) is 5.11 Å². The van der Waals surface area contributed by atoms with E-state index in [0.717, 1.165) is 12.8 Å². The molecule has 0 bridgehead atoms. The highest BCUT2D eigenvalue weighted by atomic mass is 32.2. The zero-order valence-corrected chi connectivity index (χ0v) is 10.2. The standard InChI is InChI=1S/C13H18OS/c1-10(2)15-12-6-4-3-5-11(12)13(9-14)7-8-13/h3-6,10,14H,7-9H2,1-2H3. The lowest BCUT2D eigenvalue weighted by Crippen LogP contribution is -2.13. The highest BCUT2D eigenvalue weighted by Crippen LogP contribution is 2.50. The van der Waals surface area contributed by atoms with Crippen molar-refractivity contribution < 1.29 is 5.11 Å². The van der Waals surface area contributed by atoms with Crippen LogP contribution in [0.2, 0.25) is 0 Å². The second-order valence-electron chi connectivity index (χ2n) is 4.60. The van der Waals surface area contributed by atoms with E-state index >= 15 is 0 Å². The van der Waals surface area contributed by atoms with E-state index in [-0.39, 0.29) is 5.41 Å². The largest absolute Gasteiger partial charge is 0.395 e. The first kappa shape index (κ1) is 11.0. The topological polar surface area (TPSA) is 20.2 Å². The van der Waals surface area contributed by atoms with E-state index in [1.54, 1.807) is 0 Å². The summed E-state index contributed by atoms with van der Waals surface area (Å²) in [5.41, 5.74) is 1.45. The van der Waals surface area contributed by atoms with Gasteiger partial charge in [-0.15, -0.1) is 11.8 Å². The lowest BCUT2D eigenvalue weighted by molar-refractivity contribution is 0.253. The molecule has 1 N–H and O–H groups in total. The van der Waals surface area contributed by atoms with E-state index in [1.807, 2.05) is 11.8 Å². The van der Waals surface area contributed by atoms with Crippen molar-refractivity contribution in [3.8, 4) is 0 Å². The Kier molecular flexibility index (Phi) is 3.08. The summed E-state index contributed by atoms with van der Waals surface area (Å²) in [6, 6.07) is 8.51. The molecule has 1 aromatic carbocycles. The normalized spacial score (nSPS) is 18.1. The third kappa shape index (κ3) is 2.21. The molecule has 82 valence electrons. The summed E-state index contributed by atoms with van der Waals surface area (Å²) in [5.74, 6) is 0. The Morgan fingerprint density at radius 2 is 2.00 bits per heavy atom. The number of thioether (sulfide) groups is 1. The summed E-state index contributed by atoms with van der Waals surface area (Å²) in [6.07, 6.45) is 2.28. The van der Waals surface area contributed by atoms with Crippen molar-refractivity contribution in [3.63, 3.8) is 0 Å². The molecule has 1 aliphatic carbocycles. The van der Waals surface area contributed by atoms with E-state index in [4.69, 9.17) is 0 Å². The van der Waals surface area contributed by atoms with Crippen LogP contribution in [0.5, 0.6) is 0 Å². The number of aliphatic hydroxyl groups excluding tert-OH is 1. The minimum atomic E-state index is 0.0957. The highest BCUT2D eigenvalue weighted by Gasteiger charge is 2.44. The second-order valence-corrected chi connectivity index (χ2v) is 6.22. The second kappa shape index (κ2) is 4.18. The molecule has 0 radical (unpaired) electrons. The van der Waals surface area contributed by atoms with Gasteiger partial charge in [-0.2, -0.15) is 0 Å². The Morgan fingerprint density at radius 3 is 2.53 bits per heavy atom. The van der Waals surface area contributed by atoms with Gasteiger partial charge in [-0.1, -0.05) is 32.0 Å². The van der Waals surface area contributed by atoms with Gasteiger partial charge in [0.2, 0.25) is 0 Å². The molecular formula is C13H18OS. The van der Waals surface area contributed by atoms with Crippen molar-refractivity contribution in [2.75, 3.05) is 6.61 Å². The highest BCUT2D eigenvalue weighted by molar-refractivity contribution is 8.00. The maximum Gasteiger partial charge on any atom is 0.0528 e. The van der Waals surface area contributed by atoms with Crippen LogP contribution in [-0.2, 0) is 5.41 Å².